The van der Waals surface area contributed by atoms with Crippen molar-refractivity contribution in [2.45, 2.75) is 117 Å². The molecule has 0 saturated heterocycles. The summed E-state index contributed by atoms with van der Waals surface area (Å²) >= 11 is 0. The molecule has 4 amide bonds. The van der Waals surface area contributed by atoms with Gasteiger partial charge in [0.1, 0.15) is 30.3 Å². The maximum atomic E-state index is 15.3. The first-order chi connectivity index (χ1) is 30.7. The van der Waals surface area contributed by atoms with Gasteiger partial charge in [-0.05, 0) is 59.5 Å². The first-order valence-electron chi connectivity index (χ1n) is 22.1. The minimum atomic E-state index is -1.60. The number of esters is 2. The lowest BCUT2D eigenvalue weighted by Gasteiger charge is -2.41. The van der Waals surface area contributed by atoms with E-state index in [0.717, 1.165) is 23.8 Å². The predicted molar refractivity (Wildman–Crippen MR) is 249 cm³/mol. The van der Waals surface area contributed by atoms with E-state index < -0.39 is 97.1 Å². The van der Waals surface area contributed by atoms with Crippen molar-refractivity contribution in [3.05, 3.63) is 83.7 Å². The van der Waals surface area contributed by atoms with Gasteiger partial charge in [-0.1, -0.05) is 91.5 Å². The summed E-state index contributed by atoms with van der Waals surface area (Å²) in [6, 6.07) is 10.7. The van der Waals surface area contributed by atoms with E-state index >= 15 is 4.39 Å². The molecule has 3 aromatic rings. The third-order valence-corrected chi connectivity index (χ3v) is 12.5. The minimum absolute atomic E-state index is 0.0104. The average molecular weight is 942 g/mol. The third kappa shape index (κ3) is 17.4. The number of aliphatic hydroxyl groups excluding tert-OH is 1. The quantitative estimate of drug-likeness (QED) is 0.0320. The average Bonchev–Trinajstić information content (AvgIpc) is 3.62. The van der Waals surface area contributed by atoms with Gasteiger partial charge >= 0.3 is 18.0 Å². The van der Waals surface area contributed by atoms with Gasteiger partial charge in [0.25, 0.3) is 0 Å². The van der Waals surface area contributed by atoms with E-state index in [0.29, 0.717) is 17.3 Å². The largest absolute Gasteiger partial charge is 0.450 e. The van der Waals surface area contributed by atoms with Gasteiger partial charge in [-0.25, -0.2) is 18.4 Å². The fraction of sp³-hybridized carbons (Fsp3) is 0.532. The normalized spacial score (nSPS) is 13.8. The van der Waals surface area contributed by atoms with Gasteiger partial charge in [0.2, 0.25) is 17.7 Å². The van der Waals surface area contributed by atoms with Gasteiger partial charge in [-0.2, -0.15) is 0 Å². The van der Waals surface area contributed by atoms with Gasteiger partial charge < -0.3 is 51.5 Å². The van der Waals surface area contributed by atoms with Crippen LogP contribution in [0.25, 0.3) is 11.1 Å². The van der Waals surface area contributed by atoms with Crippen LogP contribution in [-0.2, 0) is 40.0 Å². The second-order valence-electron chi connectivity index (χ2n) is 19.7. The van der Waals surface area contributed by atoms with Crippen LogP contribution in [0.3, 0.4) is 0 Å². The lowest BCUT2D eigenvalue weighted by molar-refractivity contribution is -0.162. The summed E-state index contributed by atoms with van der Waals surface area (Å²) in [6.45, 7) is 16.4. The molecule has 0 aliphatic rings. The van der Waals surface area contributed by atoms with Crippen molar-refractivity contribution in [2.24, 2.45) is 22.3 Å². The SMILES string of the molecule is CC(C)(C)C(N)C(=O)OC(=O)CC[C@@H](NCCNC(=O)[C@H](CCN(C(=O)CO)[C@@H](c1cc(-c2cc(F)ccc2F)cn1Cc1ccccc1)C(C)(C)C)NC(=O)OCC[Si](C)(C)C)C(N)=O. The van der Waals surface area contributed by atoms with Crippen molar-refractivity contribution in [1.29, 1.82) is 0 Å². The van der Waals surface area contributed by atoms with Crippen LogP contribution < -0.4 is 27.4 Å². The molecule has 8 N–H and O–H groups in total. The molecule has 1 unspecified atom stereocenters. The Hall–Kier alpha value is -5.50. The summed E-state index contributed by atoms with van der Waals surface area (Å²) in [5, 5.41) is 18.6. The number of ether oxygens (including phenoxy) is 2. The van der Waals surface area contributed by atoms with Gasteiger partial charge in [0.05, 0.1) is 18.7 Å². The number of alkyl carbamates (subject to hydrolysis) is 1. The number of halogens is 2. The van der Waals surface area contributed by atoms with E-state index in [4.69, 9.17) is 20.9 Å². The number of nitrogens with two attached hydrogens (primary N) is 2. The second kappa shape index (κ2) is 24.3. The molecular formula is C47H69F2N7O9Si. The fourth-order valence-electron chi connectivity index (χ4n) is 7.01. The molecule has 1 aromatic heterocycles. The summed E-state index contributed by atoms with van der Waals surface area (Å²) in [5.41, 5.74) is 11.8. The van der Waals surface area contributed by atoms with E-state index in [-0.39, 0.29) is 57.6 Å². The minimum Gasteiger partial charge on any atom is -0.450 e. The van der Waals surface area contributed by atoms with Crippen molar-refractivity contribution in [3.8, 4) is 11.1 Å². The van der Waals surface area contributed by atoms with Crippen LogP contribution in [-0.4, -0.2) is 109 Å². The van der Waals surface area contributed by atoms with Crippen molar-refractivity contribution < 1.29 is 52.1 Å². The Morgan fingerprint density at radius 1 is 0.894 bits per heavy atom. The number of rotatable bonds is 23. The van der Waals surface area contributed by atoms with Crippen LogP contribution in [0.4, 0.5) is 13.6 Å². The number of aromatic nitrogens is 1. The Morgan fingerprint density at radius 2 is 1.56 bits per heavy atom. The van der Waals surface area contributed by atoms with Crippen LogP contribution in [0, 0.1) is 22.5 Å². The molecule has 4 atom stereocenters. The number of nitrogens with one attached hydrogen (secondary N) is 3. The molecule has 16 nitrogen and oxygen atoms in total. The fourth-order valence-corrected chi connectivity index (χ4v) is 7.73. The zero-order valence-corrected chi connectivity index (χ0v) is 40.7. The maximum Gasteiger partial charge on any atom is 0.407 e. The Kier molecular flexibility index (Phi) is 20.2. The highest BCUT2D eigenvalue weighted by atomic mass is 28.3. The number of hydrogen-bond donors (Lipinski definition) is 6. The van der Waals surface area contributed by atoms with Gasteiger partial charge in [0.15, 0.2) is 0 Å². The zero-order chi connectivity index (χ0) is 49.6. The molecule has 0 radical (unpaired) electrons. The number of benzene rings is 2. The third-order valence-electron chi connectivity index (χ3n) is 10.8. The first kappa shape index (κ1) is 54.8. The molecule has 0 bridgehead atoms. The molecular weight excluding hydrogens is 873 g/mol. The highest BCUT2D eigenvalue weighted by Crippen LogP contribution is 2.41. The van der Waals surface area contributed by atoms with Gasteiger partial charge in [-0.15, -0.1) is 0 Å². The molecule has 3 rings (SSSR count). The number of amides is 4. The predicted octanol–water partition coefficient (Wildman–Crippen LogP) is 5.00. The highest BCUT2D eigenvalue weighted by Gasteiger charge is 2.38. The van der Waals surface area contributed by atoms with Gasteiger partial charge in [0, 0.05) is 63.7 Å². The van der Waals surface area contributed by atoms with E-state index in [1.54, 1.807) is 33.0 Å². The molecule has 364 valence electrons. The molecule has 1 heterocycles. The summed E-state index contributed by atoms with van der Waals surface area (Å²) in [4.78, 5) is 79.2. The molecule has 0 aliphatic carbocycles. The number of primary amides is 1. The van der Waals surface area contributed by atoms with Crippen molar-refractivity contribution in [2.75, 3.05) is 32.8 Å². The number of carbonyl (C=O) groups is 6. The van der Waals surface area contributed by atoms with Crippen LogP contribution in [0.1, 0.15) is 78.1 Å². The Bertz CT molecular complexity index is 2140. The molecule has 0 saturated carbocycles. The zero-order valence-electron chi connectivity index (χ0n) is 39.7. The second-order valence-corrected chi connectivity index (χ2v) is 25.3. The molecule has 2 aromatic carbocycles. The smallest absolute Gasteiger partial charge is 0.407 e. The van der Waals surface area contributed by atoms with E-state index in [1.165, 1.54) is 4.90 Å². The van der Waals surface area contributed by atoms with Crippen molar-refractivity contribution in [1.82, 2.24) is 25.4 Å². The molecule has 66 heavy (non-hydrogen) atoms. The van der Waals surface area contributed by atoms with Crippen LogP contribution in [0.15, 0.2) is 60.8 Å². The van der Waals surface area contributed by atoms with Crippen LogP contribution >= 0.6 is 0 Å². The van der Waals surface area contributed by atoms with Crippen LogP contribution in [0.2, 0.25) is 25.7 Å². The monoisotopic (exact) mass is 941 g/mol. The van der Waals surface area contributed by atoms with Crippen LogP contribution in [0.5, 0.6) is 0 Å². The summed E-state index contributed by atoms with van der Waals surface area (Å²) in [5.74, 6) is -5.22. The Morgan fingerprint density at radius 3 is 2.15 bits per heavy atom. The molecule has 0 spiro atoms. The standard InChI is InChI=1S/C47H69F2N7O9Si/c1-46(2,3)40(50)44(62)65-39(59)18-17-35(42(51)60)52-20-21-53-43(61)36(54-45(63)64-23-24-66(7,8)9)19-22-56(38(58)29-57)41(47(4,5)6)37-25-31(33-26-32(48)15-16-34(33)49)28-55(37)27-30-13-11-10-12-14-30/h10-16,25-26,28,35-36,40-41,52,57H,17-24,27,29,50H2,1-9H3,(H2,51,60)(H,53,61)(H,54,63)/t35-,36+,40?,41+/m1/s1. The lowest BCUT2D eigenvalue weighted by Crippen LogP contribution is -2.52. The first-order valence-corrected chi connectivity index (χ1v) is 25.8. The number of hydrogen-bond acceptors (Lipinski definition) is 11. The molecule has 0 fully saturated rings. The number of nitrogens with zero attached hydrogens (tertiary/aromatic N) is 2. The number of carbonyl (C=O) groups excluding carboxylic acids is 6. The summed E-state index contributed by atoms with van der Waals surface area (Å²) in [7, 11) is -1.60. The van der Waals surface area contributed by atoms with E-state index in [9.17, 15) is 38.3 Å². The topological polar surface area (TPSA) is 237 Å². The van der Waals surface area contributed by atoms with E-state index in [1.807, 2.05) is 55.7 Å². The van der Waals surface area contributed by atoms with Crippen molar-refractivity contribution in [3.63, 3.8) is 0 Å². The Labute approximate surface area is 387 Å². The summed E-state index contributed by atoms with van der Waals surface area (Å²) in [6.07, 6.45) is 0.210. The van der Waals surface area contributed by atoms with Gasteiger partial charge in [-0.3, -0.25) is 19.2 Å². The van der Waals surface area contributed by atoms with E-state index in [2.05, 4.69) is 35.6 Å². The lowest BCUT2D eigenvalue weighted by atomic mass is 9.82. The number of aliphatic hydroxyl groups is 1. The maximum absolute atomic E-state index is 15.3. The highest BCUT2D eigenvalue weighted by molar-refractivity contribution is 6.76. The molecule has 19 heteroatoms. The Balaban J connectivity index is 1.89. The summed E-state index contributed by atoms with van der Waals surface area (Å²) < 4.78 is 41.9. The van der Waals surface area contributed by atoms with Crippen molar-refractivity contribution >= 4 is 43.8 Å². The molecule has 0 aliphatic heterocycles.